The zero-order chi connectivity index (χ0) is 13.8. The number of ether oxygens (including phenoxy) is 1. The van der Waals surface area contributed by atoms with E-state index < -0.39 is 6.10 Å². The number of nitrogens with zero attached hydrogens (tertiary/aromatic N) is 1. The summed E-state index contributed by atoms with van der Waals surface area (Å²) in [7, 11) is 0. The molecule has 104 valence electrons. The Hall–Kier alpha value is -1.62. The summed E-state index contributed by atoms with van der Waals surface area (Å²) in [4.78, 5) is 14.0. The summed E-state index contributed by atoms with van der Waals surface area (Å²) in [5.74, 6) is -0.0975. The van der Waals surface area contributed by atoms with Crippen molar-refractivity contribution >= 4 is 5.91 Å². The Morgan fingerprint density at radius 1 is 1.63 bits per heavy atom. The molecular formula is C14H19FN2O2. The molecule has 2 atom stereocenters. The number of hydrogen-bond acceptors (Lipinski definition) is 3. The standard InChI is InChI=1S/C14H19FN2O2/c1-10(19-13-6-2-4-11(15)8-13)14(18)17-7-3-5-12(17)9-16/h2,4,6,8,10,12H,3,5,7,9,16H2,1H3. The van der Waals surface area contributed by atoms with Gasteiger partial charge in [-0.1, -0.05) is 6.07 Å². The van der Waals surface area contributed by atoms with Gasteiger partial charge in [0.1, 0.15) is 11.6 Å². The normalized spacial score (nSPS) is 20.4. The fraction of sp³-hybridized carbons (Fsp3) is 0.500. The Labute approximate surface area is 112 Å². The van der Waals surface area contributed by atoms with Gasteiger partial charge in [0.15, 0.2) is 6.10 Å². The van der Waals surface area contributed by atoms with E-state index in [1.165, 1.54) is 12.1 Å². The quantitative estimate of drug-likeness (QED) is 0.899. The molecule has 1 fully saturated rings. The summed E-state index contributed by atoms with van der Waals surface area (Å²) in [6.07, 6.45) is 1.28. The number of hydrogen-bond donors (Lipinski definition) is 1. The average Bonchev–Trinajstić information content (AvgIpc) is 2.86. The zero-order valence-electron chi connectivity index (χ0n) is 11.0. The molecular weight excluding hydrogens is 247 g/mol. The lowest BCUT2D eigenvalue weighted by molar-refractivity contribution is -0.138. The molecule has 0 radical (unpaired) electrons. The van der Waals surface area contributed by atoms with Gasteiger partial charge < -0.3 is 15.4 Å². The largest absolute Gasteiger partial charge is 0.481 e. The van der Waals surface area contributed by atoms with Crippen LogP contribution in [0.5, 0.6) is 5.75 Å². The third kappa shape index (κ3) is 3.23. The second-order valence-corrected chi connectivity index (χ2v) is 4.78. The van der Waals surface area contributed by atoms with Gasteiger partial charge in [-0.3, -0.25) is 4.79 Å². The van der Waals surface area contributed by atoms with Crippen LogP contribution in [-0.4, -0.2) is 36.0 Å². The molecule has 2 unspecified atom stereocenters. The zero-order valence-corrected chi connectivity index (χ0v) is 11.0. The fourth-order valence-corrected chi connectivity index (χ4v) is 2.40. The number of amides is 1. The molecule has 0 saturated carbocycles. The van der Waals surface area contributed by atoms with E-state index >= 15 is 0 Å². The van der Waals surface area contributed by atoms with Gasteiger partial charge in [0.25, 0.3) is 5.91 Å². The topological polar surface area (TPSA) is 55.6 Å². The van der Waals surface area contributed by atoms with Crippen LogP contribution in [0.1, 0.15) is 19.8 Å². The third-order valence-electron chi connectivity index (χ3n) is 3.39. The highest BCUT2D eigenvalue weighted by Gasteiger charge is 2.31. The molecule has 1 heterocycles. The Bertz CT molecular complexity index is 453. The molecule has 1 amide bonds. The van der Waals surface area contributed by atoms with Crippen molar-refractivity contribution in [2.45, 2.75) is 31.9 Å². The van der Waals surface area contributed by atoms with E-state index in [9.17, 15) is 9.18 Å². The van der Waals surface area contributed by atoms with Crippen LogP contribution in [0, 0.1) is 5.82 Å². The molecule has 5 heteroatoms. The lowest BCUT2D eigenvalue weighted by Crippen LogP contribution is -2.45. The van der Waals surface area contributed by atoms with Gasteiger partial charge in [-0.25, -0.2) is 4.39 Å². The average molecular weight is 266 g/mol. The minimum Gasteiger partial charge on any atom is -0.481 e. The van der Waals surface area contributed by atoms with Crippen molar-refractivity contribution in [3.8, 4) is 5.75 Å². The molecule has 0 aromatic heterocycles. The minimum absolute atomic E-state index is 0.0859. The molecule has 1 aromatic carbocycles. The van der Waals surface area contributed by atoms with Crippen molar-refractivity contribution in [1.82, 2.24) is 4.90 Å². The van der Waals surface area contributed by atoms with Crippen LogP contribution >= 0.6 is 0 Å². The SMILES string of the molecule is CC(Oc1cccc(F)c1)C(=O)N1CCCC1CN. The van der Waals surface area contributed by atoms with Crippen molar-refractivity contribution in [2.24, 2.45) is 5.73 Å². The Morgan fingerprint density at radius 3 is 3.11 bits per heavy atom. The van der Waals surface area contributed by atoms with Crippen LogP contribution in [0.4, 0.5) is 4.39 Å². The predicted molar refractivity (Wildman–Crippen MR) is 70.3 cm³/mol. The summed E-state index contributed by atoms with van der Waals surface area (Å²) in [5, 5.41) is 0. The van der Waals surface area contributed by atoms with Crippen molar-refractivity contribution in [1.29, 1.82) is 0 Å². The molecule has 1 aliphatic heterocycles. The molecule has 0 aliphatic carbocycles. The predicted octanol–water partition coefficient (Wildman–Crippen LogP) is 1.54. The molecule has 2 rings (SSSR count). The summed E-state index contributed by atoms with van der Waals surface area (Å²) < 4.78 is 18.5. The van der Waals surface area contributed by atoms with Crippen molar-refractivity contribution in [2.75, 3.05) is 13.1 Å². The first-order valence-electron chi connectivity index (χ1n) is 6.54. The summed E-state index contributed by atoms with van der Waals surface area (Å²) in [6, 6.07) is 5.90. The first-order chi connectivity index (χ1) is 9.11. The van der Waals surface area contributed by atoms with Gasteiger partial charge in [-0.05, 0) is 31.9 Å². The van der Waals surface area contributed by atoms with E-state index in [0.29, 0.717) is 12.3 Å². The van der Waals surface area contributed by atoms with Crippen LogP contribution in [0.25, 0.3) is 0 Å². The van der Waals surface area contributed by atoms with Gasteiger partial charge in [0.2, 0.25) is 0 Å². The van der Waals surface area contributed by atoms with Gasteiger partial charge in [0, 0.05) is 25.2 Å². The molecule has 0 bridgehead atoms. The molecule has 4 nitrogen and oxygen atoms in total. The molecule has 2 N–H and O–H groups in total. The van der Waals surface area contributed by atoms with E-state index in [4.69, 9.17) is 10.5 Å². The monoisotopic (exact) mass is 266 g/mol. The maximum Gasteiger partial charge on any atom is 0.263 e. The number of carbonyl (C=O) groups is 1. The van der Waals surface area contributed by atoms with E-state index in [1.807, 2.05) is 0 Å². The lowest BCUT2D eigenvalue weighted by Gasteiger charge is -2.26. The maximum absolute atomic E-state index is 13.0. The van der Waals surface area contributed by atoms with E-state index in [-0.39, 0.29) is 17.8 Å². The van der Waals surface area contributed by atoms with Crippen LogP contribution in [0.15, 0.2) is 24.3 Å². The second-order valence-electron chi connectivity index (χ2n) is 4.78. The minimum atomic E-state index is -0.631. The molecule has 1 aliphatic rings. The smallest absolute Gasteiger partial charge is 0.263 e. The summed E-state index contributed by atoms with van der Waals surface area (Å²) in [6.45, 7) is 2.87. The van der Waals surface area contributed by atoms with Gasteiger partial charge >= 0.3 is 0 Å². The van der Waals surface area contributed by atoms with Crippen LogP contribution in [-0.2, 0) is 4.79 Å². The first kappa shape index (κ1) is 13.8. The van der Waals surface area contributed by atoms with E-state index in [1.54, 1.807) is 24.0 Å². The Kier molecular flexibility index (Phi) is 4.37. The van der Waals surface area contributed by atoms with E-state index in [2.05, 4.69) is 0 Å². The second kappa shape index (κ2) is 6.02. The van der Waals surface area contributed by atoms with Gasteiger partial charge in [-0.15, -0.1) is 0 Å². The number of likely N-dealkylation sites (tertiary alicyclic amines) is 1. The third-order valence-corrected chi connectivity index (χ3v) is 3.39. The van der Waals surface area contributed by atoms with Crippen molar-refractivity contribution in [3.05, 3.63) is 30.1 Å². The summed E-state index contributed by atoms with van der Waals surface area (Å²) in [5.41, 5.74) is 5.65. The number of benzene rings is 1. The Balaban J connectivity index is 1.99. The van der Waals surface area contributed by atoms with E-state index in [0.717, 1.165) is 19.4 Å². The highest BCUT2D eigenvalue weighted by atomic mass is 19.1. The van der Waals surface area contributed by atoms with Gasteiger partial charge in [-0.2, -0.15) is 0 Å². The number of carbonyl (C=O) groups excluding carboxylic acids is 1. The van der Waals surface area contributed by atoms with Crippen LogP contribution in [0.3, 0.4) is 0 Å². The number of halogens is 1. The molecule has 1 saturated heterocycles. The number of nitrogens with two attached hydrogens (primary N) is 1. The van der Waals surface area contributed by atoms with Crippen LogP contribution in [0.2, 0.25) is 0 Å². The van der Waals surface area contributed by atoms with Crippen molar-refractivity contribution in [3.63, 3.8) is 0 Å². The highest BCUT2D eigenvalue weighted by Crippen LogP contribution is 2.20. The van der Waals surface area contributed by atoms with Crippen LogP contribution < -0.4 is 10.5 Å². The molecule has 1 aromatic rings. The number of rotatable bonds is 4. The summed E-state index contributed by atoms with van der Waals surface area (Å²) >= 11 is 0. The fourth-order valence-electron chi connectivity index (χ4n) is 2.40. The first-order valence-corrected chi connectivity index (χ1v) is 6.54. The molecule has 0 spiro atoms. The molecule has 19 heavy (non-hydrogen) atoms. The maximum atomic E-state index is 13.0. The Morgan fingerprint density at radius 2 is 2.42 bits per heavy atom. The highest BCUT2D eigenvalue weighted by molar-refractivity contribution is 5.81. The van der Waals surface area contributed by atoms with Crippen molar-refractivity contribution < 1.29 is 13.9 Å². The van der Waals surface area contributed by atoms with Gasteiger partial charge in [0.05, 0.1) is 0 Å². The lowest BCUT2D eigenvalue weighted by atomic mass is 10.2.